The molecule has 0 aromatic heterocycles. The Morgan fingerprint density at radius 2 is 2.15 bits per heavy atom. The van der Waals surface area contributed by atoms with Gasteiger partial charge in [-0.3, -0.25) is 0 Å². The van der Waals surface area contributed by atoms with E-state index < -0.39 is 16.8 Å². The molecule has 0 spiro atoms. The molecule has 2 heterocycles. The highest BCUT2D eigenvalue weighted by atomic mass is 16.6. The smallest absolute Gasteiger partial charge is 0.390 e. The summed E-state index contributed by atoms with van der Waals surface area (Å²) in [6.45, 7) is 0. The SMILES string of the molecule is O=C1N=C([N+](=O)[O-])N=C2N=CC=C12. The second kappa shape index (κ2) is 2.41. The van der Waals surface area contributed by atoms with Gasteiger partial charge in [0.15, 0.2) is 0 Å². The van der Waals surface area contributed by atoms with E-state index in [-0.39, 0.29) is 11.4 Å². The summed E-state index contributed by atoms with van der Waals surface area (Å²) in [5.41, 5.74) is 0.200. The van der Waals surface area contributed by atoms with Gasteiger partial charge in [0.05, 0.1) is 0 Å². The molecule has 1 amide bonds. The molecule has 0 atom stereocenters. The van der Waals surface area contributed by atoms with E-state index in [1.54, 1.807) is 0 Å². The van der Waals surface area contributed by atoms with Crippen LogP contribution in [0, 0.1) is 10.1 Å². The van der Waals surface area contributed by atoms with E-state index in [1.165, 1.54) is 12.3 Å². The Balaban J connectivity index is 2.49. The van der Waals surface area contributed by atoms with E-state index in [4.69, 9.17) is 0 Å². The van der Waals surface area contributed by atoms with Crippen molar-refractivity contribution in [1.29, 1.82) is 0 Å². The standard InChI is InChI=1S/C6H2N4O3/c11-5-3-1-2-7-4(3)8-6(9-5)10(12)13/h1-2H. The van der Waals surface area contributed by atoms with Crippen molar-refractivity contribution in [2.75, 3.05) is 0 Å². The maximum atomic E-state index is 11.1. The van der Waals surface area contributed by atoms with Gasteiger partial charge in [-0.25, -0.2) is 9.79 Å². The van der Waals surface area contributed by atoms with Crippen LogP contribution in [-0.2, 0) is 4.79 Å². The minimum Gasteiger partial charge on any atom is -0.390 e. The van der Waals surface area contributed by atoms with Gasteiger partial charge in [0, 0.05) is 6.21 Å². The van der Waals surface area contributed by atoms with Gasteiger partial charge in [-0.15, -0.1) is 0 Å². The highest BCUT2D eigenvalue weighted by Gasteiger charge is 2.32. The molecule has 0 aliphatic carbocycles. The molecule has 0 fully saturated rings. The molecule has 13 heavy (non-hydrogen) atoms. The molecular formula is C6H2N4O3. The molecule has 2 aliphatic heterocycles. The van der Waals surface area contributed by atoms with Gasteiger partial charge in [0.1, 0.15) is 5.57 Å². The largest absolute Gasteiger partial charge is 0.474 e. The quantitative estimate of drug-likeness (QED) is 0.371. The predicted molar refractivity (Wildman–Crippen MR) is 43.4 cm³/mol. The molecule has 2 rings (SSSR count). The average molecular weight is 178 g/mol. The fraction of sp³-hybridized carbons (Fsp3) is 0. The minimum atomic E-state index is -0.824. The van der Waals surface area contributed by atoms with Crippen molar-refractivity contribution in [2.24, 2.45) is 15.0 Å². The van der Waals surface area contributed by atoms with Gasteiger partial charge in [-0.1, -0.05) is 0 Å². The van der Waals surface area contributed by atoms with Crippen LogP contribution >= 0.6 is 0 Å². The Morgan fingerprint density at radius 1 is 1.38 bits per heavy atom. The van der Waals surface area contributed by atoms with Crippen molar-refractivity contribution in [3.8, 4) is 0 Å². The molecule has 7 heteroatoms. The van der Waals surface area contributed by atoms with Crippen molar-refractivity contribution in [2.45, 2.75) is 0 Å². The molecular weight excluding hydrogens is 176 g/mol. The van der Waals surface area contributed by atoms with Crippen molar-refractivity contribution >= 4 is 23.9 Å². The van der Waals surface area contributed by atoms with Crippen molar-refractivity contribution in [3.05, 3.63) is 21.8 Å². The third kappa shape index (κ3) is 1.06. The Bertz CT molecular complexity index is 429. The van der Waals surface area contributed by atoms with Crippen molar-refractivity contribution in [3.63, 3.8) is 0 Å². The molecule has 0 aromatic carbocycles. The number of rotatable bonds is 0. The number of guanidine groups is 1. The van der Waals surface area contributed by atoms with E-state index in [0.29, 0.717) is 0 Å². The van der Waals surface area contributed by atoms with E-state index in [9.17, 15) is 14.9 Å². The third-order valence-electron chi connectivity index (χ3n) is 1.48. The average Bonchev–Trinajstić information content (AvgIpc) is 2.51. The van der Waals surface area contributed by atoms with Crippen LogP contribution in [-0.4, -0.2) is 28.8 Å². The Labute approximate surface area is 71.4 Å². The van der Waals surface area contributed by atoms with Crippen LogP contribution in [0.25, 0.3) is 0 Å². The molecule has 0 N–H and O–H groups in total. The molecule has 0 saturated heterocycles. The second-order valence-corrected chi connectivity index (χ2v) is 2.27. The van der Waals surface area contributed by atoms with Crippen LogP contribution in [0.1, 0.15) is 0 Å². The highest BCUT2D eigenvalue weighted by molar-refractivity contribution is 6.32. The molecule has 0 aromatic rings. The van der Waals surface area contributed by atoms with Crippen LogP contribution in [0.2, 0.25) is 0 Å². The lowest BCUT2D eigenvalue weighted by molar-refractivity contribution is -0.352. The van der Waals surface area contributed by atoms with E-state index in [0.717, 1.165) is 0 Å². The van der Waals surface area contributed by atoms with Crippen LogP contribution in [0.3, 0.4) is 0 Å². The van der Waals surface area contributed by atoms with Gasteiger partial charge in [-0.05, 0) is 21.0 Å². The number of carbonyl (C=O) groups is 1. The first-order valence-corrected chi connectivity index (χ1v) is 3.29. The number of aliphatic imine (C=N–C) groups is 3. The second-order valence-electron chi connectivity index (χ2n) is 2.27. The lowest BCUT2D eigenvalue weighted by atomic mass is 10.2. The summed E-state index contributed by atoms with van der Waals surface area (Å²) >= 11 is 0. The van der Waals surface area contributed by atoms with E-state index >= 15 is 0 Å². The third-order valence-corrected chi connectivity index (χ3v) is 1.48. The van der Waals surface area contributed by atoms with Gasteiger partial charge >= 0.3 is 11.9 Å². The molecule has 0 radical (unpaired) electrons. The Morgan fingerprint density at radius 3 is 2.85 bits per heavy atom. The van der Waals surface area contributed by atoms with E-state index in [2.05, 4.69) is 15.0 Å². The Hall–Kier alpha value is -2.18. The molecule has 64 valence electrons. The van der Waals surface area contributed by atoms with Crippen LogP contribution < -0.4 is 0 Å². The summed E-state index contributed by atoms with van der Waals surface area (Å²) in [6.07, 6.45) is 2.77. The lowest BCUT2D eigenvalue weighted by Crippen LogP contribution is -2.21. The van der Waals surface area contributed by atoms with Gasteiger partial charge < -0.3 is 10.1 Å². The number of nitrogens with zero attached hydrogens (tertiary/aromatic N) is 4. The predicted octanol–water partition coefficient (Wildman–Crippen LogP) is -0.431. The zero-order valence-corrected chi connectivity index (χ0v) is 6.17. The summed E-state index contributed by atoms with van der Waals surface area (Å²) in [5, 5.41) is 10.2. The van der Waals surface area contributed by atoms with Gasteiger partial charge in [0.25, 0.3) is 0 Å². The number of allylic oxidation sites excluding steroid dienone is 1. The van der Waals surface area contributed by atoms with E-state index in [1.807, 2.05) is 0 Å². The molecule has 0 bridgehead atoms. The van der Waals surface area contributed by atoms with Crippen molar-refractivity contribution < 1.29 is 9.72 Å². The summed E-state index contributed by atoms with van der Waals surface area (Å²) < 4.78 is 0. The summed E-state index contributed by atoms with van der Waals surface area (Å²) in [4.78, 5) is 30.8. The van der Waals surface area contributed by atoms with Gasteiger partial charge in [-0.2, -0.15) is 0 Å². The monoisotopic (exact) mass is 178 g/mol. The number of hydrogen-bond donors (Lipinski definition) is 0. The lowest BCUT2D eigenvalue weighted by Gasteiger charge is -1.98. The fourth-order valence-electron chi connectivity index (χ4n) is 0.935. The maximum absolute atomic E-state index is 11.1. The number of carbonyl (C=O) groups excluding carboxylic acids is 1. The van der Waals surface area contributed by atoms with Crippen molar-refractivity contribution in [1.82, 2.24) is 0 Å². The number of fused-ring (bicyclic) bond motifs is 1. The van der Waals surface area contributed by atoms with Crippen LogP contribution in [0.5, 0.6) is 0 Å². The van der Waals surface area contributed by atoms with Gasteiger partial charge in [0.2, 0.25) is 5.84 Å². The van der Waals surface area contributed by atoms with Crippen LogP contribution in [0.15, 0.2) is 26.6 Å². The summed E-state index contributed by atoms with van der Waals surface area (Å²) in [5.74, 6) is -1.32. The fourth-order valence-corrected chi connectivity index (χ4v) is 0.935. The Kier molecular flexibility index (Phi) is 1.38. The maximum Gasteiger partial charge on any atom is 0.474 e. The topological polar surface area (TPSA) is 97.3 Å². The van der Waals surface area contributed by atoms with Crippen LogP contribution in [0.4, 0.5) is 0 Å². The number of amides is 1. The molecule has 0 saturated carbocycles. The minimum absolute atomic E-state index is 0.0618. The first-order valence-electron chi connectivity index (χ1n) is 3.29. The molecule has 7 nitrogen and oxygen atoms in total. The number of amidine groups is 1. The normalized spacial score (nSPS) is 19.1. The number of nitro groups is 1. The zero-order valence-electron chi connectivity index (χ0n) is 6.17. The first kappa shape index (κ1) is 7.47. The first-order chi connectivity index (χ1) is 6.18. The summed E-state index contributed by atoms with van der Waals surface area (Å²) in [7, 11) is 0. The number of hydrogen-bond acceptors (Lipinski definition) is 5. The zero-order chi connectivity index (χ0) is 9.42. The highest BCUT2D eigenvalue weighted by Crippen LogP contribution is 2.12. The molecule has 0 unspecified atom stereocenters. The molecule has 2 aliphatic rings. The summed E-state index contributed by atoms with van der Waals surface area (Å²) in [6, 6.07) is 0.